The van der Waals surface area contributed by atoms with E-state index in [4.69, 9.17) is 16.7 Å². The standard InChI is InChI=1S/C10H10ClN3O/c11-8-4-2-1-3-7(8)5-9-12-10(6-15)14-13-9/h1-4,15H,5-6H2,(H,12,13,14). The van der Waals surface area contributed by atoms with E-state index in [-0.39, 0.29) is 6.61 Å². The summed E-state index contributed by atoms with van der Waals surface area (Å²) in [6, 6.07) is 7.57. The lowest BCUT2D eigenvalue weighted by atomic mass is 10.1. The highest BCUT2D eigenvalue weighted by atomic mass is 35.5. The summed E-state index contributed by atoms with van der Waals surface area (Å²) in [5.74, 6) is 1.10. The maximum Gasteiger partial charge on any atom is 0.176 e. The Kier molecular flexibility index (Phi) is 2.99. The molecule has 0 fully saturated rings. The summed E-state index contributed by atoms with van der Waals surface area (Å²) < 4.78 is 0. The number of hydrogen-bond acceptors (Lipinski definition) is 3. The van der Waals surface area contributed by atoms with Gasteiger partial charge in [-0.05, 0) is 11.6 Å². The van der Waals surface area contributed by atoms with Crippen molar-refractivity contribution in [2.75, 3.05) is 0 Å². The molecule has 0 aliphatic rings. The van der Waals surface area contributed by atoms with E-state index in [2.05, 4.69) is 15.2 Å². The Labute approximate surface area is 91.9 Å². The van der Waals surface area contributed by atoms with E-state index in [0.717, 1.165) is 5.56 Å². The van der Waals surface area contributed by atoms with Crippen LogP contribution in [0.2, 0.25) is 5.02 Å². The van der Waals surface area contributed by atoms with Gasteiger partial charge < -0.3 is 5.11 Å². The summed E-state index contributed by atoms with van der Waals surface area (Å²) in [4.78, 5) is 4.09. The molecule has 0 amide bonds. The highest BCUT2D eigenvalue weighted by Crippen LogP contribution is 2.17. The van der Waals surface area contributed by atoms with Crippen molar-refractivity contribution < 1.29 is 5.11 Å². The fourth-order valence-corrected chi connectivity index (χ4v) is 1.51. The maximum atomic E-state index is 8.80. The Bertz CT molecular complexity index is 455. The van der Waals surface area contributed by atoms with Gasteiger partial charge in [-0.15, -0.1) is 0 Å². The van der Waals surface area contributed by atoms with Crippen molar-refractivity contribution in [3.05, 3.63) is 46.5 Å². The van der Waals surface area contributed by atoms with E-state index in [1.165, 1.54) is 0 Å². The molecule has 0 aliphatic carbocycles. The Balaban J connectivity index is 2.18. The highest BCUT2D eigenvalue weighted by Gasteiger charge is 2.05. The van der Waals surface area contributed by atoms with Crippen LogP contribution in [0.4, 0.5) is 0 Å². The number of nitrogens with zero attached hydrogens (tertiary/aromatic N) is 2. The number of hydrogen-bond donors (Lipinski definition) is 2. The first-order valence-corrected chi connectivity index (χ1v) is 4.92. The van der Waals surface area contributed by atoms with Gasteiger partial charge in [0, 0.05) is 11.4 Å². The first-order chi connectivity index (χ1) is 7.29. The lowest BCUT2D eigenvalue weighted by molar-refractivity contribution is 0.272. The van der Waals surface area contributed by atoms with Crippen molar-refractivity contribution in [3.63, 3.8) is 0 Å². The molecule has 0 saturated carbocycles. The molecule has 15 heavy (non-hydrogen) atoms. The topological polar surface area (TPSA) is 61.8 Å². The summed E-state index contributed by atoms with van der Waals surface area (Å²) in [5.41, 5.74) is 0.986. The van der Waals surface area contributed by atoms with Gasteiger partial charge in [0.1, 0.15) is 12.4 Å². The first-order valence-electron chi connectivity index (χ1n) is 4.54. The van der Waals surface area contributed by atoms with Crippen LogP contribution in [0, 0.1) is 0 Å². The predicted octanol–water partition coefficient (Wildman–Crippen LogP) is 1.54. The van der Waals surface area contributed by atoms with Crippen molar-refractivity contribution in [2.45, 2.75) is 13.0 Å². The van der Waals surface area contributed by atoms with Gasteiger partial charge in [0.05, 0.1) is 0 Å². The molecule has 5 heteroatoms. The molecular weight excluding hydrogens is 214 g/mol. The normalized spacial score (nSPS) is 10.5. The van der Waals surface area contributed by atoms with E-state index in [9.17, 15) is 0 Å². The molecule has 0 unspecified atom stereocenters. The van der Waals surface area contributed by atoms with Crippen molar-refractivity contribution in [1.29, 1.82) is 0 Å². The van der Waals surface area contributed by atoms with E-state index in [1.807, 2.05) is 24.3 Å². The second-order valence-corrected chi connectivity index (χ2v) is 3.53. The van der Waals surface area contributed by atoms with Gasteiger partial charge in [-0.2, -0.15) is 5.10 Å². The molecule has 1 aromatic carbocycles. The number of H-pyrrole nitrogens is 1. The van der Waals surface area contributed by atoms with Gasteiger partial charge in [-0.1, -0.05) is 29.8 Å². The third-order valence-corrected chi connectivity index (χ3v) is 2.40. The van der Waals surface area contributed by atoms with Gasteiger partial charge in [-0.3, -0.25) is 5.10 Å². The van der Waals surface area contributed by atoms with Crippen LogP contribution in [-0.4, -0.2) is 20.3 Å². The van der Waals surface area contributed by atoms with Crippen molar-refractivity contribution in [3.8, 4) is 0 Å². The van der Waals surface area contributed by atoms with Gasteiger partial charge in [0.15, 0.2) is 5.82 Å². The molecule has 0 aliphatic heterocycles. The zero-order chi connectivity index (χ0) is 10.7. The van der Waals surface area contributed by atoms with Crippen molar-refractivity contribution in [1.82, 2.24) is 15.2 Å². The quantitative estimate of drug-likeness (QED) is 0.830. The fraction of sp³-hybridized carbons (Fsp3) is 0.200. The summed E-state index contributed by atoms with van der Waals surface area (Å²) >= 11 is 6.00. The van der Waals surface area contributed by atoms with E-state index < -0.39 is 0 Å². The van der Waals surface area contributed by atoms with Crippen LogP contribution >= 0.6 is 11.6 Å². The lowest BCUT2D eigenvalue weighted by Crippen LogP contribution is -1.92. The van der Waals surface area contributed by atoms with Crippen LogP contribution in [0.5, 0.6) is 0 Å². The molecule has 78 valence electrons. The molecule has 2 rings (SSSR count). The maximum absolute atomic E-state index is 8.80. The summed E-state index contributed by atoms with van der Waals surface area (Å²) in [6.07, 6.45) is 0.590. The molecule has 2 aromatic rings. The third kappa shape index (κ3) is 2.34. The fourth-order valence-electron chi connectivity index (χ4n) is 1.31. The molecule has 1 heterocycles. The number of benzene rings is 1. The van der Waals surface area contributed by atoms with Gasteiger partial charge in [0.2, 0.25) is 0 Å². The molecule has 0 radical (unpaired) electrons. The molecule has 0 saturated heterocycles. The Morgan fingerprint density at radius 3 is 2.80 bits per heavy atom. The zero-order valence-electron chi connectivity index (χ0n) is 7.94. The van der Waals surface area contributed by atoms with Crippen LogP contribution in [0.1, 0.15) is 17.2 Å². The summed E-state index contributed by atoms with van der Waals surface area (Å²) in [5, 5.41) is 16.1. The van der Waals surface area contributed by atoms with Gasteiger partial charge in [0.25, 0.3) is 0 Å². The second kappa shape index (κ2) is 4.42. The Morgan fingerprint density at radius 2 is 2.13 bits per heavy atom. The minimum absolute atomic E-state index is 0.154. The number of aromatic nitrogens is 3. The molecular formula is C10H10ClN3O. The average Bonchev–Trinajstić information content (AvgIpc) is 2.69. The molecule has 0 spiro atoms. The number of rotatable bonds is 3. The van der Waals surface area contributed by atoms with Crippen LogP contribution in [-0.2, 0) is 13.0 Å². The van der Waals surface area contributed by atoms with E-state index in [1.54, 1.807) is 0 Å². The SMILES string of the molecule is OCc1n[nH]c(Cc2ccccc2Cl)n1. The monoisotopic (exact) mass is 223 g/mol. The average molecular weight is 224 g/mol. The Morgan fingerprint density at radius 1 is 1.33 bits per heavy atom. The highest BCUT2D eigenvalue weighted by molar-refractivity contribution is 6.31. The number of nitrogens with one attached hydrogen (secondary N) is 1. The van der Waals surface area contributed by atoms with E-state index in [0.29, 0.717) is 23.1 Å². The molecule has 0 atom stereocenters. The minimum atomic E-state index is -0.154. The molecule has 4 nitrogen and oxygen atoms in total. The smallest absolute Gasteiger partial charge is 0.176 e. The summed E-state index contributed by atoms with van der Waals surface area (Å²) in [7, 11) is 0. The van der Waals surface area contributed by atoms with Crippen LogP contribution < -0.4 is 0 Å². The number of aromatic amines is 1. The van der Waals surface area contributed by atoms with Crippen molar-refractivity contribution in [2.24, 2.45) is 0 Å². The van der Waals surface area contributed by atoms with Crippen LogP contribution in [0.25, 0.3) is 0 Å². The largest absolute Gasteiger partial charge is 0.388 e. The molecule has 0 bridgehead atoms. The van der Waals surface area contributed by atoms with Crippen LogP contribution in [0.3, 0.4) is 0 Å². The predicted molar refractivity (Wildman–Crippen MR) is 56.6 cm³/mol. The lowest BCUT2D eigenvalue weighted by Gasteiger charge is -1.99. The molecule has 2 N–H and O–H groups in total. The van der Waals surface area contributed by atoms with Gasteiger partial charge >= 0.3 is 0 Å². The first kappa shape index (κ1) is 10.1. The van der Waals surface area contributed by atoms with Crippen molar-refractivity contribution >= 4 is 11.6 Å². The minimum Gasteiger partial charge on any atom is -0.388 e. The number of aliphatic hydroxyl groups is 1. The van der Waals surface area contributed by atoms with Crippen LogP contribution in [0.15, 0.2) is 24.3 Å². The number of halogens is 1. The Hall–Kier alpha value is -1.39. The van der Waals surface area contributed by atoms with Gasteiger partial charge in [-0.25, -0.2) is 4.98 Å². The number of aliphatic hydroxyl groups excluding tert-OH is 1. The zero-order valence-corrected chi connectivity index (χ0v) is 8.70. The molecule has 1 aromatic heterocycles. The second-order valence-electron chi connectivity index (χ2n) is 3.12. The van der Waals surface area contributed by atoms with E-state index >= 15 is 0 Å². The third-order valence-electron chi connectivity index (χ3n) is 2.04. The summed E-state index contributed by atoms with van der Waals surface area (Å²) in [6.45, 7) is -0.154.